The van der Waals surface area contributed by atoms with Crippen LogP contribution in [0.5, 0.6) is 0 Å². The minimum absolute atomic E-state index is 0.773. The van der Waals surface area contributed by atoms with Gasteiger partial charge in [-0.1, -0.05) is 50.6 Å². The van der Waals surface area contributed by atoms with Gasteiger partial charge in [-0.15, -0.1) is 0 Å². The van der Waals surface area contributed by atoms with Crippen molar-refractivity contribution >= 4 is 0 Å². The van der Waals surface area contributed by atoms with E-state index in [9.17, 15) is 0 Å². The predicted molar refractivity (Wildman–Crippen MR) is 71.6 cm³/mol. The van der Waals surface area contributed by atoms with Gasteiger partial charge in [-0.3, -0.25) is 0 Å². The third-order valence-electron chi connectivity index (χ3n) is 3.01. The molecule has 16 heavy (non-hydrogen) atoms. The molecule has 0 heterocycles. The molecule has 1 atom stereocenters. The maximum absolute atomic E-state index is 3.31. The molecule has 0 aliphatic rings. The third kappa shape index (κ3) is 5.32. The molecule has 1 aromatic rings. The molecule has 0 bridgehead atoms. The fourth-order valence-electron chi connectivity index (χ4n) is 2.08. The first-order chi connectivity index (χ1) is 7.72. The lowest BCUT2D eigenvalue weighted by Crippen LogP contribution is -2.21. The van der Waals surface area contributed by atoms with E-state index >= 15 is 0 Å². The molecule has 0 saturated carbocycles. The number of hydrogen-bond acceptors (Lipinski definition) is 1. The highest BCUT2D eigenvalue weighted by atomic mass is 14.8. The molecule has 1 aromatic carbocycles. The molecule has 0 fully saturated rings. The first-order valence-corrected chi connectivity index (χ1v) is 6.41. The first-order valence-electron chi connectivity index (χ1n) is 6.41. The molecule has 0 aliphatic carbocycles. The van der Waals surface area contributed by atoms with E-state index in [1.54, 1.807) is 0 Å². The topological polar surface area (TPSA) is 12.0 Å². The standard InChI is InChI=1S/C15H25N/c1-13(2)9-10-15(12-16-3)11-14-7-5-4-6-8-14/h4-8,13,15-16H,9-12H2,1-3H3. The summed E-state index contributed by atoms with van der Waals surface area (Å²) in [4.78, 5) is 0. The average molecular weight is 219 g/mol. The van der Waals surface area contributed by atoms with Gasteiger partial charge in [-0.05, 0) is 43.8 Å². The van der Waals surface area contributed by atoms with Gasteiger partial charge in [0.05, 0.1) is 0 Å². The molecule has 0 aromatic heterocycles. The highest BCUT2D eigenvalue weighted by Crippen LogP contribution is 2.16. The SMILES string of the molecule is CNCC(CCC(C)C)Cc1ccccc1. The smallest absolute Gasteiger partial charge is 0.00203 e. The van der Waals surface area contributed by atoms with Crippen molar-refractivity contribution in [2.24, 2.45) is 11.8 Å². The number of hydrogen-bond donors (Lipinski definition) is 1. The molecule has 1 heteroatoms. The van der Waals surface area contributed by atoms with Gasteiger partial charge in [-0.2, -0.15) is 0 Å². The van der Waals surface area contributed by atoms with Gasteiger partial charge in [0.15, 0.2) is 0 Å². The second-order valence-corrected chi connectivity index (χ2v) is 5.08. The largest absolute Gasteiger partial charge is 0.319 e. The molecule has 1 unspecified atom stereocenters. The van der Waals surface area contributed by atoms with Crippen molar-refractivity contribution < 1.29 is 0 Å². The number of rotatable bonds is 7. The van der Waals surface area contributed by atoms with Crippen molar-refractivity contribution in [1.29, 1.82) is 0 Å². The van der Waals surface area contributed by atoms with Crippen LogP contribution in [0.15, 0.2) is 30.3 Å². The number of benzene rings is 1. The van der Waals surface area contributed by atoms with E-state index in [0.29, 0.717) is 0 Å². The minimum atomic E-state index is 0.773. The molecule has 0 saturated heterocycles. The summed E-state index contributed by atoms with van der Waals surface area (Å²) in [5, 5.41) is 3.31. The third-order valence-corrected chi connectivity index (χ3v) is 3.01. The first kappa shape index (κ1) is 13.2. The Hall–Kier alpha value is -0.820. The van der Waals surface area contributed by atoms with Crippen molar-refractivity contribution in [2.75, 3.05) is 13.6 Å². The molecule has 1 rings (SSSR count). The van der Waals surface area contributed by atoms with E-state index in [-0.39, 0.29) is 0 Å². The number of nitrogens with one attached hydrogen (secondary N) is 1. The Bertz CT molecular complexity index is 266. The second kappa shape index (κ2) is 7.45. The van der Waals surface area contributed by atoms with Crippen molar-refractivity contribution in [3.8, 4) is 0 Å². The maximum atomic E-state index is 3.31. The molecule has 0 amide bonds. The lowest BCUT2D eigenvalue weighted by molar-refractivity contribution is 0.409. The van der Waals surface area contributed by atoms with Crippen LogP contribution >= 0.6 is 0 Å². The fraction of sp³-hybridized carbons (Fsp3) is 0.600. The minimum Gasteiger partial charge on any atom is -0.319 e. The maximum Gasteiger partial charge on any atom is -0.00203 e. The van der Waals surface area contributed by atoms with E-state index in [2.05, 4.69) is 49.5 Å². The van der Waals surface area contributed by atoms with Crippen molar-refractivity contribution in [3.05, 3.63) is 35.9 Å². The summed E-state index contributed by atoms with van der Waals surface area (Å²) in [6, 6.07) is 10.8. The lowest BCUT2D eigenvalue weighted by Gasteiger charge is -2.17. The predicted octanol–water partition coefficient (Wildman–Crippen LogP) is 3.50. The molecular weight excluding hydrogens is 194 g/mol. The summed E-state index contributed by atoms with van der Waals surface area (Å²) in [5.74, 6) is 1.59. The molecule has 0 aliphatic heterocycles. The highest BCUT2D eigenvalue weighted by Gasteiger charge is 2.09. The Morgan fingerprint density at radius 2 is 1.75 bits per heavy atom. The average Bonchev–Trinajstić information content (AvgIpc) is 2.27. The molecular formula is C15H25N. The normalized spacial score (nSPS) is 13.0. The molecule has 90 valence electrons. The van der Waals surface area contributed by atoms with Crippen LogP contribution in [0.1, 0.15) is 32.3 Å². The van der Waals surface area contributed by atoms with Crippen molar-refractivity contribution in [1.82, 2.24) is 5.32 Å². The summed E-state index contributed by atoms with van der Waals surface area (Å²) in [6.45, 7) is 5.74. The van der Waals surface area contributed by atoms with Crippen LogP contribution in [-0.2, 0) is 6.42 Å². The van der Waals surface area contributed by atoms with Crippen LogP contribution in [-0.4, -0.2) is 13.6 Å². The van der Waals surface area contributed by atoms with Crippen LogP contribution in [0, 0.1) is 11.8 Å². The lowest BCUT2D eigenvalue weighted by atomic mass is 9.92. The van der Waals surface area contributed by atoms with Crippen LogP contribution < -0.4 is 5.32 Å². The van der Waals surface area contributed by atoms with Gasteiger partial charge in [0.1, 0.15) is 0 Å². The van der Waals surface area contributed by atoms with E-state index in [0.717, 1.165) is 18.4 Å². The van der Waals surface area contributed by atoms with E-state index in [1.807, 2.05) is 7.05 Å². The summed E-state index contributed by atoms with van der Waals surface area (Å²) in [6.07, 6.45) is 3.86. The van der Waals surface area contributed by atoms with Crippen LogP contribution in [0.25, 0.3) is 0 Å². The summed E-state index contributed by atoms with van der Waals surface area (Å²) in [7, 11) is 2.05. The zero-order valence-corrected chi connectivity index (χ0v) is 10.9. The van der Waals surface area contributed by atoms with Crippen molar-refractivity contribution in [3.63, 3.8) is 0 Å². The zero-order valence-electron chi connectivity index (χ0n) is 10.9. The molecule has 1 N–H and O–H groups in total. The van der Waals surface area contributed by atoms with Crippen LogP contribution in [0.4, 0.5) is 0 Å². The monoisotopic (exact) mass is 219 g/mol. The molecule has 1 nitrogen and oxygen atoms in total. The van der Waals surface area contributed by atoms with Gasteiger partial charge >= 0.3 is 0 Å². The molecule has 0 radical (unpaired) electrons. The van der Waals surface area contributed by atoms with Gasteiger partial charge in [0.25, 0.3) is 0 Å². The second-order valence-electron chi connectivity index (χ2n) is 5.08. The van der Waals surface area contributed by atoms with E-state index < -0.39 is 0 Å². The van der Waals surface area contributed by atoms with Gasteiger partial charge in [0.2, 0.25) is 0 Å². The highest BCUT2D eigenvalue weighted by molar-refractivity contribution is 5.15. The fourth-order valence-corrected chi connectivity index (χ4v) is 2.08. The van der Waals surface area contributed by atoms with Crippen LogP contribution in [0.3, 0.4) is 0 Å². The Morgan fingerprint density at radius 1 is 1.06 bits per heavy atom. The summed E-state index contributed by atoms with van der Waals surface area (Å²) < 4.78 is 0. The van der Waals surface area contributed by atoms with E-state index in [1.165, 1.54) is 24.8 Å². The quantitative estimate of drug-likeness (QED) is 0.740. The Balaban J connectivity index is 2.44. The van der Waals surface area contributed by atoms with Gasteiger partial charge in [-0.25, -0.2) is 0 Å². The summed E-state index contributed by atoms with van der Waals surface area (Å²) >= 11 is 0. The zero-order chi connectivity index (χ0) is 11.8. The Morgan fingerprint density at radius 3 is 2.31 bits per heavy atom. The summed E-state index contributed by atoms with van der Waals surface area (Å²) in [5.41, 5.74) is 1.46. The Labute approximate surface area is 100 Å². The molecule has 0 spiro atoms. The Kier molecular flexibility index (Phi) is 6.17. The van der Waals surface area contributed by atoms with Gasteiger partial charge < -0.3 is 5.32 Å². The van der Waals surface area contributed by atoms with Crippen LogP contribution in [0.2, 0.25) is 0 Å². The van der Waals surface area contributed by atoms with Crippen molar-refractivity contribution in [2.45, 2.75) is 33.1 Å². The van der Waals surface area contributed by atoms with E-state index in [4.69, 9.17) is 0 Å². The van der Waals surface area contributed by atoms with Gasteiger partial charge in [0, 0.05) is 0 Å².